The number of aliphatic hydroxyl groups is 1. The van der Waals surface area contributed by atoms with Gasteiger partial charge in [-0.1, -0.05) is 24.3 Å². The Morgan fingerprint density at radius 3 is 2.71 bits per heavy atom. The summed E-state index contributed by atoms with van der Waals surface area (Å²) in [5, 5.41) is 11.7. The van der Waals surface area contributed by atoms with E-state index >= 15 is 0 Å². The number of carbonyl (C=O) groups is 1. The number of aliphatic hydroxyl groups excluding tert-OH is 1. The first kappa shape index (κ1) is 15.1. The number of anilines is 2. The Balaban J connectivity index is 2.16. The van der Waals surface area contributed by atoms with E-state index in [1.54, 1.807) is 6.07 Å². The predicted molar refractivity (Wildman–Crippen MR) is 85.4 cm³/mol. The van der Waals surface area contributed by atoms with Crippen LogP contribution in [0.5, 0.6) is 0 Å². The van der Waals surface area contributed by atoms with E-state index in [0.29, 0.717) is 17.7 Å². The molecule has 0 unspecified atom stereocenters. The van der Waals surface area contributed by atoms with Crippen LogP contribution in [0.1, 0.15) is 27.9 Å². The highest BCUT2D eigenvalue weighted by atomic mass is 16.2. The molecule has 2 aromatic carbocycles. The van der Waals surface area contributed by atoms with E-state index in [-0.39, 0.29) is 12.5 Å². The molecule has 4 N–H and O–H groups in total. The van der Waals surface area contributed by atoms with Crippen LogP contribution in [0.4, 0.5) is 11.4 Å². The topological polar surface area (TPSA) is 75.4 Å². The van der Waals surface area contributed by atoms with E-state index in [2.05, 4.69) is 5.32 Å². The standard InChI is InChI=1S/C17H20N2O2/c1-12-5-2-9-15(18)16(12)17(21)19-14-8-3-6-13(11-14)7-4-10-20/h2-3,5-6,8-9,11,20H,4,7,10,18H2,1H3,(H,19,21). The Bertz CT molecular complexity index is 618. The second-order valence-corrected chi connectivity index (χ2v) is 5.02. The molecule has 2 aromatic rings. The molecule has 21 heavy (non-hydrogen) atoms. The summed E-state index contributed by atoms with van der Waals surface area (Å²) in [6, 6.07) is 13.0. The molecule has 4 heteroatoms. The summed E-state index contributed by atoms with van der Waals surface area (Å²) >= 11 is 0. The molecule has 0 atom stereocenters. The molecule has 0 aliphatic carbocycles. The summed E-state index contributed by atoms with van der Waals surface area (Å²) in [5.41, 5.74) is 9.54. The van der Waals surface area contributed by atoms with Gasteiger partial charge in [-0.05, 0) is 49.1 Å². The SMILES string of the molecule is Cc1cccc(N)c1C(=O)Nc1cccc(CCCO)c1. The minimum atomic E-state index is -0.204. The van der Waals surface area contributed by atoms with Gasteiger partial charge in [-0.15, -0.1) is 0 Å². The average Bonchev–Trinajstić information content (AvgIpc) is 2.45. The number of rotatable bonds is 5. The van der Waals surface area contributed by atoms with Gasteiger partial charge < -0.3 is 16.2 Å². The van der Waals surface area contributed by atoms with Crippen molar-refractivity contribution in [1.29, 1.82) is 0 Å². The molecule has 0 spiro atoms. The molecule has 0 bridgehead atoms. The Labute approximate surface area is 124 Å². The van der Waals surface area contributed by atoms with Gasteiger partial charge in [0, 0.05) is 18.0 Å². The van der Waals surface area contributed by atoms with Gasteiger partial charge in [0.1, 0.15) is 0 Å². The number of amides is 1. The van der Waals surface area contributed by atoms with E-state index in [1.807, 2.05) is 43.3 Å². The van der Waals surface area contributed by atoms with Crippen LogP contribution < -0.4 is 11.1 Å². The second-order valence-electron chi connectivity index (χ2n) is 5.02. The number of hydrogen-bond donors (Lipinski definition) is 3. The van der Waals surface area contributed by atoms with E-state index in [4.69, 9.17) is 10.8 Å². The number of nitrogens with one attached hydrogen (secondary N) is 1. The van der Waals surface area contributed by atoms with Crippen molar-refractivity contribution in [2.24, 2.45) is 0 Å². The van der Waals surface area contributed by atoms with Crippen molar-refractivity contribution in [2.75, 3.05) is 17.7 Å². The predicted octanol–water partition coefficient (Wildman–Crippen LogP) is 2.75. The largest absolute Gasteiger partial charge is 0.398 e. The fourth-order valence-corrected chi connectivity index (χ4v) is 2.28. The van der Waals surface area contributed by atoms with Crippen LogP contribution in [-0.2, 0) is 6.42 Å². The molecule has 0 saturated carbocycles. The summed E-state index contributed by atoms with van der Waals surface area (Å²) in [4.78, 5) is 12.3. The van der Waals surface area contributed by atoms with Crippen LogP contribution in [-0.4, -0.2) is 17.6 Å². The Hall–Kier alpha value is -2.33. The quantitative estimate of drug-likeness (QED) is 0.739. The van der Waals surface area contributed by atoms with Crippen LogP contribution in [0, 0.1) is 6.92 Å². The number of benzene rings is 2. The van der Waals surface area contributed by atoms with Crippen molar-refractivity contribution in [3.8, 4) is 0 Å². The van der Waals surface area contributed by atoms with E-state index < -0.39 is 0 Å². The van der Waals surface area contributed by atoms with Crippen molar-refractivity contribution in [1.82, 2.24) is 0 Å². The molecule has 0 aromatic heterocycles. The molecule has 0 fully saturated rings. The third-order valence-corrected chi connectivity index (χ3v) is 3.34. The third kappa shape index (κ3) is 3.83. The smallest absolute Gasteiger partial charge is 0.258 e. The maximum atomic E-state index is 12.3. The maximum absolute atomic E-state index is 12.3. The van der Waals surface area contributed by atoms with Gasteiger partial charge >= 0.3 is 0 Å². The number of hydrogen-bond acceptors (Lipinski definition) is 3. The van der Waals surface area contributed by atoms with Crippen molar-refractivity contribution < 1.29 is 9.90 Å². The molecule has 4 nitrogen and oxygen atoms in total. The first-order valence-electron chi connectivity index (χ1n) is 6.98. The Kier molecular flexibility index (Phi) is 4.95. The lowest BCUT2D eigenvalue weighted by Gasteiger charge is -2.11. The van der Waals surface area contributed by atoms with Crippen LogP contribution in [0.15, 0.2) is 42.5 Å². The molecule has 0 aliphatic rings. The van der Waals surface area contributed by atoms with Crippen LogP contribution in [0.3, 0.4) is 0 Å². The van der Waals surface area contributed by atoms with E-state index in [9.17, 15) is 4.79 Å². The lowest BCUT2D eigenvalue weighted by molar-refractivity contribution is 0.102. The maximum Gasteiger partial charge on any atom is 0.258 e. The summed E-state index contributed by atoms with van der Waals surface area (Å²) in [6.45, 7) is 2.03. The normalized spacial score (nSPS) is 10.4. The lowest BCUT2D eigenvalue weighted by Crippen LogP contribution is -2.15. The summed E-state index contributed by atoms with van der Waals surface area (Å²) < 4.78 is 0. The molecule has 0 heterocycles. The fourth-order valence-electron chi connectivity index (χ4n) is 2.28. The van der Waals surface area contributed by atoms with Gasteiger partial charge in [0.2, 0.25) is 0 Å². The molecule has 0 saturated heterocycles. The fraction of sp³-hybridized carbons (Fsp3) is 0.235. The molecular weight excluding hydrogens is 264 g/mol. The third-order valence-electron chi connectivity index (χ3n) is 3.34. The molecular formula is C17H20N2O2. The summed E-state index contributed by atoms with van der Waals surface area (Å²) in [5.74, 6) is -0.204. The highest BCUT2D eigenvalue weighted by Gasteiger charge is 2.12. The first-order chi connectivity index (χ1) is 10.1. The minimum absolute atomic E-state index is 0.163. The van der Waals surface area contributed by atoms with Crippen molar-refractivity contribution in [3.63, 3.8) is 0 Å². The molecule has 1 amide bonds. The van der Waals surface area contributed by atoms with Gasteiger partial charge in [-0.25, -0.2) is 0 Å². The number of aryl methyl sites for hydroxylation is 2. The minimum Gasteiger partial charge on any atom is -0.398 e. The first-order valence-corrected chi connectivity index (χ1v) is 6.98. The molecule has 0 aliphatic heterocycles. The van der Waals surface area contributed by atoms with Gasteiger partial charge in [0.05, 0.1) is 5.56 Å². The van der Waals surface area contributed by atoms with Gasteiger partial charge in [-0.3, -0.25) is 4.79 Å². The van der Waals surface area contributed by atoms with Gasteiger partial charge in [0.25, 0.3) is 5.91 Å². The van der Waals surface area contributed by atoms with Crippen LogP contribution >= 0.6 is 0 Å². The van der Waals surface area contributed by atoms with Crippen LogP contribution in [0.2, 0.25) is 0 Å². The van der Waals surface area contributed by atoms with Crippen molar-refractivity contribution in [2.45, 2.75) is 19.8 Å². The van der Waals surface area contributed by atoms with Crippen molar-refractivity contribution in [3.05, 3.63) is 59.2 Å². The average molecular weight is 284 g/mol. The lowest BCUT2D eigenvalue weighted by atomic mass is 10.1. The Morgan fingerprint density at radius 1 is 1.24 bits per heavy atom. The van der Waals surface area contributed by atoms with Crippen LogP contribution in [0.25, 0.3) is 0 Å². The highest BCUT2D eigenvalue weighted by Crippen LogP contribution is 2.19. The molecule has 110 valence electrons. The zero-order valence-electron chi connectivity index (χ0n) is 12.1. The van der Waals surface area contributed by atoms with Crippen molar-refractivity contribution >= 4 is 17.3 Å². The zero-order valence-corrected chi connectivity index (χ0v) is 12.1. The zero-order chi connectivity index (χ0) is 15.2. The van der Waals surface area contributed by atoms with Gasteiger partial charge in [-0.2, -0.15) is 0 Å². The second kappa shape index (κ2) is 6.90. The number of nitrogens with two attached hydrogens (primary N) is 1. The number of carbonyl (C=O) groups excluding carboxylic acids is 1. The van der Waals surface area contributed by atoms with Gasteiger partial charge in [0.15, 0.2) is 0 Å². The summed E-state index contributed by atoms with van der Waals surface area (Å²) in [7, 11) is 0. The highest BCUT2D eigenvalue weighted by molar-refractivity contribution is 6.08. The Morgan fingerprint density at radius 2 is 2.00 bits per heavy atom. The molecule has 2 rings (SSSR count). The van der Waals surface area contributed by atoms with E-state index in [1.165, 1.54) is 0 Å². The monoisotopic (exact) mass is 284 g/mol. The van der Waals surface area contributed by atoms with E-state index in [0.717, 1.165) is 23.2 Å². The summed E-state index contributed by atoms with van der Waals surface area (Å²) in [6.07, 6.45) is 1.49. The molecule has 0 radical (unpaired) electrons. The number of nitrogen functional groups attached to an aromatic ring is 1.